The number of amides is 1. The molecule has 0 aliphatic heterocycles. The van der Waals surface area contributed by atoms with Crippen LogP contribution in [0.15, 0.2) is 66.7 Å². The number of hydrogen-bond acceptors (Lipinski definition) is 4. The van der Waals surface area contributed by atoms with Crippen LogP contribution in [0.25, 0.3) is 11.1 Å². The highest BCUT2D eigenvalue weighted by Crippen LogP contribution is 2.38. The van der Waals surface area contributed by atoms with Crippen LogP contribution in [0, 0.1) is 6.92 Å². The van der Waals surface area contributed by atoms with Crippen molar-refractivity contribution in [3.8, 4) is 28.4 Å². The summed E-state index contributed by atoms with van der Waals surface area (Å²) in [5.41, 5.74) is 3.89. The van der Waals surface area contributed by atoms with Gasteiger partial charge in [-0.3, -0.25) is 4.79 Å². The van der Waals surface area contributed by atoms with E-state index in [0.29, 0.717) is 22.9 Å². The molecule has 0 bridgehead atoms. The summed E-state index contributed by atoms with van der Waals surface area (Å²) in [7, 11) is 3.10. The summed E-state index contributed by atoms with van der Waals surface area (Å²) >= 11 is 0. The van der Waals surface area contributed by atoms with Crippen molar-refractivity contribution in [2.75, 3.05) is 26.1 Å². The molecule has 28 heavy (non-hydrogen) atoms. The van der Waals surface area contributed by atoms with Crippen LogP contribution in [0.3, 0.4) is 0 Å². The lowest BCUT2D eigenvalue weighted by Gasteiger charge is -2.15. The fourth-order valence-corrected chi connectivity index (χ4v) is 2.86. The summed E-state index contributed by atoms with van der Waals surface area (Å²) in [5.74, 6) is 1.19. The van der Waals surface area contributed by atoms with Gasteiger partial charge in [0.25, 0.3) is 5.91 Å². The highest BCUT2D eigenvalue weighted by molar-refractivity contribution is 5.92. The molecule has 0 aliphatic carbocycles. The Morgan fingerprint density at radius 2 is 1.43 bits per heavy atom. The normalized spacial score (nSPS) is 10.2. The van der Waals surface area contributed by atoms with Crippen molar-refractivity contribution in [3.05, 3.63) is 72.3 Å². The first kappa shape index (κ1) is 19.3. The van der Waals surface area contributed by atoms with E-state index in [1.807, 2.05) is 73.7 Å². The van der Waals surface area contributed by atoms with E-state index in [1.54, 1.807) is 14.2 Å². The molecule has 0 saturated heterocycles. The Labute approximate surface area is 164 Å². The van der Waals surface area contributed by atoms with Gasteiger partial charge < -0.3 is 19.5 Å². The van der Waals surface area contributed by atoms with E-state index < -0.39 is 0 Å². The Kier molecular flexibility index (Phi) is 6.17. The van der Waals surface area contributed by atoms with Gasteiger partial charge in [-0.15, -0.1) is 0 Å². The fraction of sp³-hybridized carbons (Fsp3) is 0.174. The smallest absolute Gasteiger partial charge is 0.262 e. The Bertz CT molecular complexity index is 912. The standard InChI is InChI=1S/C23H23NO4/c1-16-13-20(26-2)23(21(14-16)27-3)28-15-22(25)24-19-11-9-18(10-12-19)17-7-5-4-6-8-17/h4-14H,15H2,1-3H3,(H,24,25). The van der Waals surface area contributed by atoms with Crippen molar-refractivity contribution in [2.24, 2.45) is 0 Å². The van der Waals surface area contributed by atoms with E-state index in [1.165, 1.54) is 0 Å². The van der Waals surface area contributed by atoms with Crippen molar-refractivity contribution in [3.63, 3.8) is 0 Å². The molecule has 144 valence electrons. The first-order valence-electron chi connectivity index (χ1n) is 8.91. The van der Waals surface area contributed by atoms with Gasteiger partial charge in [-0.2, -0.15) is 0 Å². The van der Waals surface area contributed by atoms with Crippen molar-refractivity contribution >= 4 is 11.6 Å². The van der Waals surface area contributed by atoms with Crippen molar-refractivity contribution in [1.82, 2.24) is 0 Å². The van der Waals surface area contributed by atoms with Gasteiger partial charge in [-0.25, -0.2) is 0 Å². The average molecular weight is 377 g/mol. The van der Waals surface area contributed by atoms with Gasteiger partial charge in [0.15, 0.2) is 18.1 Å². The van der Waals surface area contributed by atoms with Crippen LogP contribution in [0.2, 0.25) is 0 Å². The third kappa shape index (κ3) is 4.62. The Morgan fingerprint density at radius 3 is 2.00 bits per heavy atom. The largest absolute Gasteiger partial charge is 0.493 e. The fourth-order valence-electron chi connectivity index (χ4n) is 2.86. The van der Waals surface area contributed by atoms with Gasteiger partial charge in [0, 0.05) is 5.69 Å². The summed E-state index contributed by atoms with van der Waals surface area (Å²) in [5, 5.41) is 2.83. The van der Waals surface area contributed by atoms with E-state index >= 15 is 0 Å². The maximum absolute atomic E-state index is 12.3. The first-order chi connectivity index (χ1) is 13.6. The van der Waals surface area contributed by atoms with Crippen LogP contribution < -0.4 is 19.5 Å². The predicted molar refractivity (Wildman–Crippen MR) is 110 cm³/mol. The van der Waals surface area contributed by atoms with Crippen LogP contribution in [-0.4, -0.2) is 26.7 Å². The quantitative estimate of drug-likeness (QED) is 0.649. The molecular formula is C23H23NO4. The van der Waals surface area contributed by atoms with E-state index in [4.69, 9.17) is 14.2 Å². The summed E-state index contributed by atoms with van der Waals surface area (Å²) in [6, 6.07) is 21.4. The van der Waals surface area contributed by atoms with Crippen LogP contribution >= 0.6 is 0 Å². The number of nitrogens with one attached hydrogen (secondary N) is 1. The third-order valence-corrected chi connectivity index (χ3v) is 4.23. The lowest BCUT2D eigenvalue weighted by molar-refractivity contribution is -0.118. The van der Waals surface area contributed by atoms with E-state index in [0.717, 1.165) is 16.7 Å². The Morgan fingerprint density at radius 1 is 0.857 bits per heavy atom. The molecular weight excluding hydrogens is 354 g/mol. The minimum Gasteiger partial charge on any atom is -0.493 e. The van der Waals surface area contributed by atoms with Crippen LogP contribution in [0.5, 0.6) is 17.2 Å². The minimum absolute atomic E-state index is 0.157. The zero-order chi connectivity index (χ0) is 19.9. The number of ether oxygens (including phenoxy) is 3. The molecule has 3 rings (SSSR count). The lowest BCUT2D eigenvalue weighted by atomic mass is 10.1. The molecule has 3 aromatic rings. The lowest BCUT2D eigenvalue weighted by Crippen LogP contribution is -2.20. The molecule has 0 heterocycles. The van der Waals surface area contributed by atoms with E-state index in [9.17, 15) is 4.79 Å². The van der Waals surface area contributed by atoms with Crippen molar-refractivity contribution in [1.29, 1.82) is 0 Å². The second-order valence-corrected chi connectivity index (χ2v) is 6.28. The number of carbonyl (C=O) groups excluding carboxylic acids is 1. The zero-order valence-corrected chi connectivity index (χ0v) is 16.2. The summed E-state index contributed by atoms with van der Waals surface area (Å²) < 4.78 is 16.3. The van der Waals surface area contributed by atoms with E-state index in [2.05, 4.69) is 5.32 Å². The van der Waals surface area contributed by atoms with Gasteiger partial charge in [-0.05, 0) is 47.9 Å². The second kappa shape index (κ2) is 8.95. The molecule has 0 fully saturated rings. The number of hydrogen-bond donors (Lipinski definition) is 1. The van der Waals surface area contributed by atoms with Gasteiger partial charge in [0.1, 0.15) is 0 Å². The highest BCUT2D eigenvalue weighted by Gasteiger charge is 2.15. The first-order valence-corrected chi connectivity index (χ1v) is 8.91. The third-order valence-electron chi connectivity index (χ3n) is 4.23. The minimum atomic E-state index is -0.267. The van der Waals surface area contributed by atoms with Gasteiger partial charge >= 0.3 is 0 Å². The number of methoxy groups -OCH3 is 2. The number of rotatable bonds is 7. The van der Waals surface area contributed by atoms with Gasteiger partial charge in [0.2, 0.25) is 5.75 Å². The molecule has 0 spiro atoms. The highest BCUT2D eigenvalue weighted by atomic mass is 16.5. The molecule has 5 nitrogen and oxygen atoms in total. The summed E-state index contributed by atoms with van der Waals surface area (Å²) in [6.45, 7) is 1.77. The average Bonchev–Trinajstić information content (AvgIpc) is 2.73. The molecule has 0 atom stereocenters. The summed E-state index contributed by atoms with van der Waals surface area (Å²) in [6.07, 6.45) is 0. The number of benzene rings is 3. The monoisotopic (exact) mass is 377 g/mol. The number of aryl methyl sites for hydroxylation is 1. The van der Waals surface area contributed by atoms with Gasteiger partial charge in [-0.1, -0.05) is 42.5 Å². The number of carbonyl (C=O) groups is 1. The molecule has 3 aromatic carbocycles. The maximum Gasteiger partial charge on any atom is 0.262 e. The number of anilines is 1. The van der Waals surface area contributed by atoms with Crippen LogP contribution in [0.1, 0.15) is 5.56 Å². The van der Waals surface area contributed by atoms with Crippen molar-refractivity contribution in [2.45, 2.75) is 6.92 Å². The second-order valence-electron chi connectivity index (χ2n) is 6.28. The predicted octanol–water partition coefficient (Wildman–Crippen LogP) is 4.70. The molecule has 0 aliphatic rings. The molecule has 0 aromatic heterocycles. The molecule has 0 unspecified atom stereocenters. The SMILES string of the molecule is COc1cc(C)cc(OC)c1OCC(=O)Nc1ccc(-c2ccccc2)cc1. The van der Waals surface area contributed by atoms with E-state index in [-0.39, 0.29) is 12.5 Å². The zero-order valence-electron chi connectivity index (χ0n) is 16.2. The molecule has 1 amide bonds. The van der Waals surface area contributed by atoms with Crippen LogP contribution in [-0.2, 0) is 4.79 Å². The molecule has 1 N–H and O–H groups in total. The summed E-state index contributed by atoms with van der Waals surface area (Å²) in [4.78, 5) is 12.3. The topological polar surface area (TPSA) is 56.8 Å². The Balaban J connectivity index is 1.64. The maximum atomic E-state index is 12.3. The van der Waals surface area contributed by atoms with Crippen LogP contribution in [0.4, 0.5) is 5.69 Å². The van der Waals surface area contributed by atoms with Crippen molar-refractivity contribution < 1.29 is 19.0 Å². The molecule has 5 heteroatoms. The molecule has 0 radical (unpaired) electrons. The molecule has 0 saturated carbocycles. The Hall–Kier alpha value is -3.47. The van der Waals surface area contributed by atoms with Gasteiger partial charge in [0.05, 0.1) is 14.2 Å².